The highest BCUT2D eigenvalue weighted by molar-refractivity contribution is 7.99. The van der Waals surface area contributed by atoms with Crippen molar-refractivity contribution >= 4 is 39.7 Å². The summed E-state index contributed by atoms with van der Waals surface area (Å²) in [6, 6.07) is 14.0. The van der Waals surface area contributed by atoms with Gasteiger partial charge in [0.1, 0.15) is 0 Å². The Kier molecular flexibility index (Phi) is 6.10. The third-order valence-electron chi connectivity index (χ3n) is 4.33. The van der Waals surface area contributed by atoms with E-state index in [4.69, 9.17) is 0 Å². The quantitative estimate of drug-likeness (QED) is 0.480. The topological polar surface area (TPSA) is 85.5 Å². The lowest BCUT2D eigenvalue weighted by Gasteiger charge is -2.08. The number of rotatable bonds is 7. The summed E-state index contributed by atoms with van der Waals surface area (Å²) in [5.74, 6) is 0.620. The Bertz CT molecular complexity index is 1290. The maximum Gasteiger partial charge on any atom is 0.258 e. The number of nitrogens with zero attached hydrogens (tertiary/aromatic N) is 3. The number of pyridine rings is 1. The molecule has 0 aliphatic heterocycles. The SMILES string of the molecule is O=C(CSCc1cc(=O)n2ccsc2n1)Nc1ccc(Cn2ccccc2=O)cc1. The number of thiazole rings is 1. The molecule has 3 heterocycles. The molecule has 0 saturated carbocycles. The number of anilines is 1. The number of thioether (sulfide) groups is 1. The second-order valence-corrected chi connectivity index (χ2v) is 8.40. The van der Waals surface area contributed by atoms with Crippen molar-refractivity contribution in [3.8, 4) is 0 Å². The fourth-order valence-electron chi connectivity index (χ4n) is 2.89. The lowest BCUT2D eigenvalue weighted by molar-refractivity contribution is -0.113. The summed E-state index contributed by atoms with van der Waals surface area (Å²) in [6.45, 7) is 0.478. The maximum atomic E-state index is 12.2. The molecule has 30 heavy (non-hydrogen) atoms. The molecule has 3 aromatic heterocycles. The fourth-order valence-corrected chi connectivity index (χ4v) is 4.34. The number of aromatic nitrogens is 3. The summed E-state index contributed by atoms with van der Waals surface area (Å²) in [4.78, 5) is 41.1. The van der Waals surface area contributed by atoms with E-state index >= 15 is 0 Å². The molecule has 0 saturated heterocycles. The van der Waals surface area contributed by atoms with Gasteiger partial charge in [-0.15, -0.1) is 23.1 Å². The van der Waals surface area contributed by atoms with E-state index in [0.717, 1.165) is 5.56 Å². The molecule has 0 fully saturated rings. The largest absolute Gasteiger partial charge is 0.325 e. The van der Waals surface area contributed by atoms with Gasteiger partial charge in [0.05, 0.1) is 18.0 Å². The van der Waals surface area contributed by atoms with Crippen LogP contribution in [0, 0.1) is 0 Å². The third-order valence-corrected chi connectivity index (χ3v) is 6.05. The first-order valence-electron chi connectivity index (χ1n) is 9.16. The Hall–Kier alpha value is -3.17. The lowest BCUT2D eigenvalue weighted by atomic mass is 10.2. The molecule has 0 spiro atoms. The molecule has 0 unspecified atom stereocenters. The first-order valence-corrected chi connectivity index (χ1v) is 11.2. The standard InChI is InChI=1S/C21H18N4O3S2/c26-18(14-29-13-17-11-20(28)25-9-10-30-21(25)23-17)22-16-6-4-15(5-7-16)12-24-8-2-1-3-19(24)27/h1-11H,12-14H2,(H,22,26). The number of carbonyl (C=O) groups is 1. The Morgan fingerprint density at radius 3 is 2.70 bits per heavy atom. The smallest absolute Gasteiger partial charge is 0.258 e. The molecule has 0 atom stereocenters. The summed E-state index contributed by atoms with van der Waals surface area (Å²) in [5.41, 5.74) is 2.17. The van der Waals surface area contributed by atoms with E-state index in [1.54, 1.807) is 23.0 Å². The minimum absolute atomic E-state index is 0.0534. The van der Waals surface area contributed by atoms with Crippen molar-refractivity contribution in [2.75, 3.05) is 11.1 Å². The van der Waals surface area contributed by atoms with Crippen LogP contribution in [0.25, 0.3) is 4.96 Å². The monoisotopic (exact) mass is 438 g/mol. The van der Waals surface area contributed by atoms with Crippen LogP contribution in [0.3, 0.4) is 0 Å². The highest BCUT2D eigenvalue weighted by Crippen LogP contribution is 2.14. The molecule has 1 amide bonds. The highest BCUT2D eigenvalue weighted by atomic mass is 32.2. The van der Waals surface area contributed by atoms with Crippen molar-refractivity contribution in [2.45, 2.75) is 12.3 Å². The third kappa shape index (κ3) is 4.87. The average Bonchev–Trinajstić information content (AvgIpc) is 3.20. The van der Waals surface area contributed by atoms with Crippen molar-refractivity contribution in [3.63, 3.8) is 0 Å². The van der Waals surface area contributed by atoms with Crippen LogP contribution in [0.15, 0.2) is 75.9 Å². The summed E-state index contributed by atoms with van der Waals surface area (Å²) < 4.78 is 3.13. The first kappa shape index (κ1) is 20.1. The minimum atomic E-state index is -0.124. The van der Waals surface area contributed by atoms with E-state index in [2.05, 4.69) is 10.3 Å². The molecule has 9 heteroatoms. The molecule has 4 rings (SSSR count). The molecular weight excluding hydrogens is 420 g/mol. The van der Waals surface area contributed by atoms with Crippen LogP contribution in [0.1, 0.15) is 11.3 Å². The van der Waals surface area contributed by atoms with Gasteiger partial charge in [-0.3, -0.25) is 18.8 Å². The molecule has 0 bridgehead atoms. The van der Waals surface area contributed by atoms with Crippen LogP contribution >= 0.6 is 23.1 Å². The number of nitrogens with one attached hydrogen (secondary N) is 1. The van der Waals surface area contributed by atoms with Crippen molar-refractivity contribution < 1.29 is 4.79 Å². The predicted octanol–water partition coefficient (Wildman–Crippen LogP) is 2.84. The second-order valence-electron chi connectivity index (χ2n) is 6.55. The number of hydrogen-bond acceptors (Lipinski definition) is 6. The molecule has 4 aromatic rings. The van der Waals surface area contributed by atoms with Crippen LogP contribution in [-0.2, 0) is 17.1 Å². The number of carbonyl (C=O) groups excluding carboxylic acids is 1. The van der Waals surface area contributed by atoms with Gasteiger partial charge in [0, 0.05) is 41.3 Å². The molecule has 1 aromatic carbocycles. The molecule has 7 nitrogen and oxygen atoms in total. The van der Waals surface area contributed by atoms with Crippen molar-refractivity contribution in [2.24, 2.45) is 0 Å². The van der Waals surface area contributed by atoms with Crippen LogP contribution < -0.4 is 16.4 Å². The highest BCUT2D eigenvalue weighted by Gasteiger charge is 2.07. The fraction of sp³-hybridized carbons (Fsp3) is 0.143. The van der Waals surface area contributed by atoms with E-state index in [1.165, 1.54) is 39.6 Å². The second kappa shape index (κ2) is 9.10. The van der Waals surface area contributed by atoms with E-state index in [0.29, 0.717) is 28.6 Å². The van der Waals surface area contributed by atoms with Gasteiger partial charge in [0.25, 0.3) is 11.1 Å². The Labute approximate surface area is 180 Å². The lowest BCUT2D eigenvalue weighted by Crippen LogP contribution is -2.18. The van der Waals surface area contributed by atoms with E-state index < -0.39 is 0 Å². The Balaban J connectivity index is 1.29. The summed E-state index contributed by atoms with van der Waals surface area (Å²) >= 11 is 2.81. The van der Waals surface area contributed by atoms with Gasteiger partial charge in [-0.2, -0.15) is 0 Å². The molecule has 0 aliphatic rings. The van der Waals surface area contributed by atoms with Crippen molar-refractivity contribution in [1.29, 1.82) is 0 Å². The van der Waals surface area contributed by atoms with Gasteiger partial charge >= 0.3 is 0 Å². The number of amides is 1. The first-order chi connectivity index (χ1) is 14.6. The summed E-state index contributed by atoms with van der Waals surface area (Å²) in [5, 5.41) is 4.67. The summed E-state index contributed by atoms with van der Waals surface area (Å²) in [6.07, 6.45) is 3.44. The van der Waals surface area contributed by atoms with Crippen molar-refractivity contribution in [3.05, 3.63) is 98.3 Å². The molecule has 1 N–H and O–H groups in total. The molecule has 152 valence electrons. The van der Waals surface area contributed by atoms with E-state index in [1.807, 2.05) is 35.7 Å². The maximum absolute atomic E-state index is 12.2. The van der Waals surface area contributed by atoms with Crippen LogP contribution in [0.5, 0.6) is 0 Å². The predicted molar refractivity (Wildman–Crippen MR) is 120 cm³/mol. The van der Waals surface area contributed by atoms with Crippen LogP contribution in [-0.4, -0.2) is 25.6 Å². The zero-order valence-corrected chi connectivity index (χ0v) is 17.5. The van der Waals surface area contributed by atoms with Gasteiger partial charge in [-0.25, -0.2) is 4.98 Å². The summed E-state index contributed by atoms with van der Waals surface area (Å²) in [7, 11) is 0. The number of hydrogen-bond donors (Lipinski definition) is 1. The molecule has 0 aliphatic carbocycles. The van der Waals surface area contributed by atoms with Crippen molar-refractivity contribution in [1.82, 2.24) is 14.0 Å². The molecular formula is C21H18N4O3S2. The van der Waals surface area contributed by atoms with E-state index in [-0.39, 0.29) is 22.8 Å². The van der Waals surface area contributed by atoms with E-state index in [9.17, 15) is 14.4 Å². The van der Waals surface area contributed by atoms with Gasteiger partial charge in [-0.05, 0) is 23.8 Å². The zero-order valence-electron chi connectivity index (χ0n) is 15.9. The van der Waals surface area contributed by atoms with Gasteiger partial charge < -0.3 is 9.88 Å². The number of benzene rings is 1. The Morgan fingerprint density at radius 2 is 1.90 bits per heavy atom. The Morgan fingerprint density at radius 1 is 1.07 bits per heavy atom. The van der Waals surface area contributed by atoms with Crippen LogP contribution in [0.2, 0.25) is 0 Å². The number of fused-ring (bicyclic) bond motifs is 1. The minimum Gasteiger partial charge on any atom is -0.325 e. The normalized spacial score (nSPS) is 10.9. The molecule has 0 radical (unpaired) electrons. The van der Waals surface area contributed by atoms with Gasteiger partial charge in [0.2, 0.25) is 5.91 Å². The van der Waals surface area contributed by atoms with Crippen LogP contribution in [0.4, 0.5) is 5.69 Å². The van der Waals surface area contributed by atoms with Gasteiger partial charge in [-0.1, -0.05) is 18.2 Å². The average molecular weight is 439 g/mol. The zero-order chi connectivity index (χ0) is 20.9. The van der Waals surface area contributed by atoms with Gasteiger partial charge in [0.15, 0.2) is 4.96 Å².